The van der Waals surface area contributed by atoms with Crippen molar-refractivity contribution in [3.05, 3.63) is 112 Å². The summed E-state index contributed by atoms with van der Waals surface area (Å²) < 4.78 is 89.0. The molecule has 0 saturated carbocycles. The predicted molar refractivity (Wildman–Crippen MR) is 126 cm³/mol. The van der Waals surface area contributed by atoms with E-state index in [1.165, 1.54) is 19.1 Å². The number of anilines is 1. The SMILES string of the molecule is C=CCc1cc(/C=C2/C(=O)N(c3c(F)c(F)c(F)c(F)c3F)N=C2C)ccc1OCc1ccccc1F. The standard InChI is InChI=1S/C27H18F6N2O2/c1-3-6-16-11-15(9-10-20(16)37-13-17-7-4-5-8-19(17)28)12-18-14(2)34-35(27(18)36)26-24(32)22(30)21(29)23(31)25(26)33/h3-5,7-12H,1,6,13H2,2H3/b18-12+. The van der Waals surface area contributed by atoms with Crippen LogP contribution in [0.25, 0.3) is 6.08 Å². The molecule has 3 aromatic carbocycles. The number of halogens is 6. The van der Waals surface area contributed by atoms with Crippen LogP contribution in [0.5, 0.6) is 5.75 Å². The lowest BCUT2D eigenvalue weighted by Crippen LogP contribution is -2.25. The molecule has 0 fully saturated rings. The molecule has 1 aliphatic heterocycles. The lowest BCUT2D eigenvalue weighted by Gasteiger charge is -2.15. The molecule has 3 aromatic rings. The van der Waals surface area contributed by atoms with Crippen molar-refractivity contribution in [2.45, 2.75) is 20.0 Å². The van der Waals surface area contributed by atoms with E-state index in [-0.39, 0.29) is 22.9 Å². The Morgan fingerprint density at radius 1 is 0.919 bits per heavy atom. The fourth-order valence-electron chi connectivity index (χ4n) is 3.70. The largest absolute Gasteiger partial charge is 0.489 e. The summed E-state index contributed by atoms with van der Waals surface area (Å²) in [5.41, 5.74) is -0.111. The van der Waals surface area contributed by atoms with Gasteiger partial charge in [-0.3, -0.25) is 4.79 Å². The van der Waals surface area contributed by atoms with Gasteiger partial charge in [-0.25, -0.2) is 26.3 Å². The van der Waals surface area contributed by atoms with Crippen LogP contribution in [0.15, 0.2) is 65.8 Å². The van der Waals surface area contributed by atoms with E-state index in [4.69, 9.17) is 4.74 Å². The molecule has 0 aliphatic carbocycles. The quantitative estimate of drug-likeness (QED) is 0.116. The van der Waals surface area contributed by atoms with Gasteiger partial charge >= 0.3 is 0 Å². The van der Waals surface area contributed by atoms with E-state index >= 15 is 0 Å². The van der Waals surface area contributed by atoms with Crippen LogP contribution < -0.4 is 9.75 Å². The number of rotatable bonds is 7. The number of carbonyl (C=O) groups is 1. The van der Waals surface area contributed by atoms with Crippen molar-refractivity contribution in [3.8, 4) is 5.75 Å². The van der Waals surface area contributed by atoms with Crippen molar-refractivity contribution < 1.29 is 35.9 Å². The van der Waals surface area contributed by atoms with E-state index in [9.17, 15) is 31.1 Å². The zero-order chi connectivity index (χ0) is 26.9. The average Bonchev–Trinajstić information content (AvgIpc) is 3.15. The van der Waals surface area contributed by atoms with Crippen molar-refractivity contribution in [2.24, 2.45) is 5.10 Å². The number of ether oxygens (including phenoxy) is 1. The maximum Gasteiger partial charge on any atom is 0.280 e. The van der Waals surface area contributed by atoms with Gasteiger partial charge in [-0.05, 0) is 48.7 Å². The molecule has 190 valence electrons. The summed E-state index contributed by atoms with van der Waals surface area (Å²) in [6.07, 6.45) is 3.34. The van der Waals surface area contributed by atoms with E-state index in [2.05, 4.69) is 11.7 Å². The Morgan fingerprint density at radius 2 is 1.57 bits per heavy atom. The van der Waals surface area contributed by atoms with E-state index < -0.39 is 46.5 Å². The van der Waals surface area contributed by atoms with Crippen LogP contribution in [0.3, 0.4) is 0 Å². The minimum atomic E-state index is -2.34. The van der Waals surface area contributed by atoms with Crippen LogP contribution >= 0.6 is 0 Å². The van der Waals surface area contributed by atoms with Gasteiger partial charge < -0.3 is 4.74 Å². The van der Waals surface area contributed by atoms with E-state index in [0.717, 1.165) is 0 Å². The summed E-state index contributed by atoms with van der Waals surface area (Å²) >= 11 is 0. The molecule has 0 aromatic heterocycles. The second-order valence-electron chi connectivity index (χ2n) is 8.02. The number of hydrazone groups is 1. The van der Waals surface area contributed by atoms with Gasteiger partial charge in [-0.15, -0.1) is 6.58 Å². The molecule has 1 heterocycles. The molecule has 1 amide bonds. The molecule has 0 atom stereocenters. The Hall–Kier alpha value is -4.34. The van der Waals surface area contributed by atoms with Gasteiger partial charge in [0.15, 0.2) is 23.3 Å². The minimum Gasteiger partial charge on any atom is -0.489 e. The third kappa shape index (κ3) is 4.87. The molecule has 4 nitrogen and oxygen atoms in total. The van der Waals surface area contributed by atoms with Crippen LogP contribution in [-0.2, 0) is 17.8 Å². The monoisotopic (exact) mass is 516 g/mol. The third-order valence-corrected chi connectivity index (χ3v) is 5.56. The first-order valence-corrected chi connectivity index (χ1v) is 10.9. The Morgan fingerprint density at radius 3 is 2.22 bits per heavy atom. The van der Waals surface area contributed by atoms with Crippen LogP contribution in [-0.4, -0.2) is 11.6 Å². The molecule has 0 spiro atoms. The average molecular weight is 516 g/mol. The zero-order valence-corrected chi connectivity index (χ0v) is 19.3. The van der Waals surface area contributed by atoms with Crippen molar-refractivity contribution in [1.29, 1.82) is 0 Å². The number of amides is 1. The Labute approximate surface area is 207 Å². The molecule has 4 rings (SSSR count). The van der Waals surface area contributed by atoms with Crippen LogP contribution in [0.4, 0.5) is 32.0 Å². The second kappa shape index (κ2) is 10.3. The lowest BCUT2D eigenvalue weighted by molar-refractivity contribution is -0.114. The number of hydrogen-bond acceptors (Lipinski definition) is 3. The first-order valence-electron chi connectivity index (χ1n) is 10.9. The van der Waals surface area contributed by atoms with Crippen molar-refractivity contribution in [3.63, 3.8) is 0 Å². The maximum absolute atomic E-state index is 14.3. The molecule has 0 radical (unpaired) electrons. The molecular weight excluding hydrogens is 498 g/mol. The summed E-state index contributed by atoms with van der Waals surface area (Å²) in [6.45, 7) is 5.02. The fraction of sp³-hybridized carbons (Fsp3) is 0.111. The predicted octanol–water partition coefficient (Wildman–Crippen LogP) is 6.63. The molecule has 1 aliphatic rings. The lowest BCUT2D eigenvalue weighted by atomic mass is 10.0. The highest BCUT2D eigenvalue weighted by atomic mass is 19.2. The first-order chi connectivity index (χ1) is 17.6. The Kier molecular flexibility index (Phi) is 7.19. The number of carbonyl (C=O) groups excluding carboxylic acids is 1. The molecular formula is C27H18F6N2O2. The van der Waals surface area contributed by atoms with Crippen LogP contribution in [0.1, 0.15) is 23.6 Å². The highest BCUT2D eigenvalue weighted by molar-refractivity contribution is 6.32. The third-order valence-electron chi connectivity index (χ3n) is 5.56. The molecule has 0 saturated heterocycles. The van der Waals surface area contributed by atoms with Gasteiger partial charge in [0.05, 0.1) is 11.3 Å². The number of nitrogens with zero attached hydrogens (tertiary/aromatic N) is 2. The van der Waals surface area contributed by atoms with Gasteiger partial charge in [0.2, 0.25) is 5.82 Å². The van der Waals surface area contributed by atoms with Crippen molar-refractivity contribution in [1.82, 2.24) is 0 Å². The Balaban J connectivity index is 1.64. The first kappa shape index (κ1) is 25.7. The summed E-state index contributed by atoms with van der Waals surface area (Å²) in [4.78, 5) is 12.9. The van der Waals surface area contributed by atoms with Crippen LogP contribution in [0.2, 0.25) is 0 Å². The van der Waals surface area contributed by atoms with Gasteiger partial charge in [0.25, 0.3) is 5.91 Å². The zero-order valence-electron chi connectivity index (χ0n) is 19.3. The van der Waals surface area contributed by atoms with Crippen LogP contribution in [0, 0.1) is 34.9 Å². The highest BCUT2D eigenvalue weighted by Crippen LogP contribution is 2.34. The molecule has 0 bridgehead atoms. The molecule has 10 heteroatoms. The van der Waals surface area contributed by atoms with E-state index in [1.807, 2.05) is 0 Å². The number of allylic oxidation sites excluding steroid dienone is 1. The normalized spacial score (nSPS) is 14.4. The second-order valence-corrected chi connectivity index (χ2v) is 8.02. The van der Waals surface area contributed by atoms with Crippen molar-refractivity contribution >= 4 is 23.4 Å². The van der Waals surface area contributed by atoms with E-state index in [0.29, 0.717) is 28.9 Å². The topological polar surface area (TPSA) is 41.9 Å². The van der Waals surface area contributed by atoms with Gasteiger partial charge in [0.1, 0.15) is 23.9 Å². The number of benzene rings is 3. The summed E-state index contributed by atoms with van der Waals surface area (Å²) in [5, 5.41) is 3.87. The van der Waals surface area contributed by atoms with Gasteiger partial charge in [-0.2, -0.15) is 10.1 Å². The van der Waals surface area contributed by atoms with Crippen molar-refractivity contribution in [2.75, 3.05) is 5.01 Å². The Bertz CT molecular complexity index is 1450. The minimum absolute atomic E-state index is 0.000841. The summed E-state index contributed by atoms with van der Waals surface area (Å²) in [7, 11) is 0. The summed E-state index contributed by atoms with van der Waals surface area (Å²) in [5.74, 6) is -12.1. The van der Waals surface area contributed by atoms with E-state index in [1.54, 1.807) is 42.5 Å². The smallest absolute Gasteiger partial charge is 0.280 e. The fourth-order valence-corrected chi connectivity index (χ4v) is 3.70. The summed E-state index contributed by atoms with van der Waals surface area (Å²) in [6, 6.07) is 11.0. The molecule has 0 unspecified atom stereocenters. The maximum atomic E-state index is 14.3. The van der Waals surface area contributed by atoms with Gasteiger partial charge in [0, 0.05) is 5.56 Å². The number of hydrogen-bond donors (Lipinski definition) is 0. The molecule has 0 N–H and O–H groups in total. The highest BCUT2D eigenvalue weighted by Gasteiger charge is 2.37. The molecule has 37 heavy (non-hydrogen) atoms. The van der Waals surface area contributed by atoms with Gasteiger partial charge in [-0.1, -0.05) is 30.3 Å².